The monoisotopic (exact) mass is 311 g/mol. The Hall–Kier alpha value is -2.69. The number of carbonyl (C=O) groups is 1. The van der Waals surface area contributed by atoms with Crippen molar-refractivity contribution in [2.75, 3.05) is 0 Å². The molecule has 0 radical (unpaired) electrons. The van der Waals surface area contributed by atoms with Gasteiger partial charge >= 0.3 is 0 Å². The number of aromatic nitrogens is 2. The summed E-state index contributed by atoms with van der Waals surface area (Å²) in [6.07, 6.45) is 2.89. The highest BCUT2D eigenvalue weighted by molar-refractivity contribution is 5.93. The number of pyridine rings is 1. The minimum atomic E-state index is -0.362. The fourth-order valence-corrected chi connectivity index (χ4v) is 2.48. The zero-order valence-electron chi connectivity index (χ0n) is 13.1. The molecular weight excluding hydrogens is 293 g/mol. The van der Waals surface area contributed by atoms with Gasteiger partial charge in [0.05, 0.1) is 0 Å². The van der Waals surface area contributed by atoms with E-state index in [1.165, 1.54) is 16.7 Å². The Balaban J connectivity index is 1.90. The third-order valence-electron chi connectivity index (χ3n) is 3.71. The largest absolute Gasteiger partial charge is 0.331 e. The lowest BCUT2D eigenvalue weighted by atomic mass is 10.2. The highest BCUT2D eigenvalue weighted by Crippen LogP contribution is 2.14. The molecule has 1 amide bonds. The van der Waals surface area contributed by atoms with Crippen molar-refractivity contribution in [3.8, 4) is 0 Å². The van der Waals surface area contributed by atoms with Crippen molar-refractivity contribution in [1.82, 2.24) is 14.3 Å². The second kappa shape index (κ2) is 6.20. The normalized spacial score (nSPS) is 11.1. The number of hydrogen-bond acceptors (Lipinski definition) is 2. The lowest BCUT2D eigenvalue weighted by Gasteiger charge is -2.26. The molecule has 5 heteroatoms. The molecule has 0 fully saturated rings. The van der Waals surface area contributed by atoms with Crippen molar-refractivity contribution in [2.45, 2.75) is 26.4 Å². The number of imidazole rings is 1. The summed E-state index contributed by atoms with van der Waals surface area (Å²) in [6.45, 7) is 4.45. The van der Waals surface area contributed by atoms with Crippen LogP contribution in [0.3, 0.4) is 0 Å². The molecule has 0 unspecified atom stereocenters. The van der Waals surface area contributed by atoms with Gasteiger partial charge in [0.1, 0.15) is 17.2 Å². The van der Waals surface area contributed by atoms with Gasteiger partial charge in [-0.2, -0.15) is 0 Å². The van der Waals surface area contributed by atoms with E-state index in [4.69, 9.17) is 0 Å². The van der Waals surface area contributed by atoms with Gasteiger partial charge in [-0.05, 0) is 31.5 Å². The Morgan fingerprint density at radius 3 is 2.61 bits per heavy atom. The maximum Gasteiger partial charge on any atom is 0.274 e. The second-order valence-electron chi connectivity index (χ2n) is 5.75. The van der Waals surface area contributed by atoms with E-state index in [0.29, 0.717) is 17.9 Å². The fraction of sp³-hybridized carbons (Fsp3) is 0.222. The Kier molecular flexibility index (Phi) is 4.10. The van der Waals surface area contributed by atoms with Gasteiger partial charge in [-0.15, -0.1) is 0 Å². The third kappa shape index (κ3) is 3.23. The molecule has 0 bridgehead atoms. The lowest BCUT2D eigenvalue weighted by molar-refractivity contribution is 0.0685. The second-order valence-corrected chi connectivity index (χ2v) is 5.75. The topological polar surface area (TPSA) is 37.6 Å². The van der Waals surface area contributed by atoms with Crippen LogP contribution in [-0.4, -0.2) is 26.2 Å². The zero-order valence-corrected chi connectivity index (χ0v) is 13.1. The number of hydrogen-bond donors (Lipinski definition) is 0. The number of amides is 1. The first-order valence-corrected chi connectivity index (χ1v) is 7.54. The van der Waals surface area contributed by atoms with Gasteiger partial charge in [0.25, 0.3) is 5.91 Å². The van der Waals surface area contributed by atoms with Crippen LogP contribution in [0.2, 0.25) is 0 Å². The van der Waals surface area contributed by atoms with Crippen molar-refractivity contribution >= 4 is 11.6 Å². The van der Waals surface area contributed by atoms with Crippen LogP contribution in [0.5, 0.6) is 0 Å². The number of rotatable bonds is 4. The first kappa shape index (κ1) is 15.2. The predicted octanol–water partition coefficient (Wildman–Crippen LogP) is 3.52. The molecule has 0 N–H and O–H groups in total. The predicted molar refractivity (Wildman–Crippen MR) is 86.6 cm³/mol. The Morgan fingerprint density at radius 2 is 1.91 bits per heavy atom. The summed E-state index contributed by atoms with van der Waals surface area (Å²) in [5, 5.41) is 0. The summed E-state index contributed by atoms with van der Waals surface area (Å²) in [4.78, 5) is 18.9. The van der Waals surface area contributed by atoms with E-state index in [0.717, 1.165) is 5.56 Å². The fourth-order valence-electron chi connectivity index (χ4n) is 2.48. The van der Waals surface area contributed by atoms with E-state index in [1.54, 1.807) is 17.2 Å². The van der Waals surface area contributed by atoms with Crippen LogP contribution in [-0.2, 0) is 6.54 Å². The average Bonchev–Trinajstić information content (AvgIpc) is 2.95. The molecule has 2 aromatic heterocycles. The van der Waals surface area contributed by atoms with Crippen LogP contribution in [0, 0.1) is 5.82 Å². The van der Waals surface area contributed by atoms with Gasteiger partial charge in [-0.25, -0.2) is 9.37 Å². The van der Waals surface area contributed by atoms with Crippen LogP contribution < -0.4 is 0 Å². The van der Waals surface area contributed by atoms with Crippen molar-refractivity contribution in [2.24, 2.45) is 0 Å². The SMILES string of the molecule is CC(C)N(Cc1ccccc1)C(=O)c1cn2cc(F)ccc2n1. The van der Waals surface area contributed by atoms with Gasteiger partial charge in [-0.3, -0.25) is 4.79 Å². The molecule has 0 spiro atoms. The summed E-state index contributed by atoms with van der Waals surface area (Å²) in [5.74, 6) is -0.521. The number of carbonyl (C=O) groups excluding carboxylic acids is 1. The molecule has 3 rings (SSSR count). The molecule has 0 saturated heterocycles. The summed E-state index contributed by atoms with van der Waals surface area (Å²) in [5.41, 5.74) is 1.93. The smallest absolute Gasteiger partial charge is 0.274 e. The standard InChI is InChI=1S/C18H18FN3O/c1-13(2)22(10-14-6-4-3-5-7-14)18(23)16-12-21-11-15(19)8-9-17(21)20-16/h3-9,11-13H,10H2,1-2H3. The van der Waals surface area contributed by atoms with Crippen molar-refractivity contribution in [1.29, 1.82) is 0 Å². The van der Waals surface area contributed by atoms with E-state index < -0.39 is 0 Å². The average molecular weight is 311 g/mol. The molecule has 4 nitrogen and oxygen atoms in total. The third-order valence-corrected chi connectivity index (χ3v) is 3.71. The summed E-state index contributed by atoms with van der Waals surface area (Å²) in [6, 6.07) is 12.7. The molecule has 0 saturated carbocycles. The lowest BCUT2D eigenvalue weighted by Crippen LogP contribution is -2.36. The number of fused-ring (bicyclic) bond motifs is 1. The molecule has 118 valence electrons. The van der Waals surface area contributed by atoms with E-state index >= 15 is 0 Å². The number of halogens is 1. The summed E-state index contributed by atoms with van der Waals surface area (Å²) >= 11 is 0. The van der Waals surface area contributed by atoms with Gasteiger partial charge in [0.2, 0.25) is 0 Å². The number of benzene rings is 1. The van der Waals surface area contributed by atoms with Gasteiger partial charge in [0, 0.05) is 25.0 Å². The van der Waals surface area contributed by atoms with Crippen LogP contribution in [0.15, 0.2) is 54.9 Å². The zero-order chi connectivity index (χ0) is 16.4. The Labute approximate surface area is 134 Å². The number of nitrogens with zero attached hydrogens (tertiary/aromatic N) is 3. The van der Waals surface area contributed by atoms with E-state index in [2.05, 4.69) is 4.98 Å². The quantitative estimate of drug-likeness (QED) is 0.739. The van der Waals surface area contributed by atoms with Gasteiger partial charge in [0.15, 0.2) is 0 Å². The molecule has 2 heterocycles. The summed E-state index contributed by atoms with van der Waals surface area (Å²) in [7, 11) is 0. The Morgan fingerprint density at radius 1 is 1.17 bits per heavy atom. The van der Waals surface area contributed by atoms with E-state index in [9.17, 15) is 9.18 Å². The molecular formula is C18H18FN3O. The minimum Gasteiger partial charge on any atom is -0.331 e. The highest BCUT2D eigenvalue weighted by atomic mass is 19.1. The van der Waals surface area contributed by atoms with Crippen molar-refractivity contribution < 1.29 is 9.18 Å². The molecule has 0 atom stereocenters. The van der Waals surface area contributed by atoms with Crippen LogP contribution >= 0.6 is 0 Å². The van der Waals surface area contributed by atoms with E-state index in [1.807, 2.05) is 44.2 Å². The molecule has 23 heavy (non-hydrogen) atoms. The molecule has 0 aliphatic rings. The van der Waals surface area contributed by atoms with E-state index in [-0.39, 0.29) is 17.8 Å². The first-order valence-electron chi connectivity index (χ1n) is 7.54. The maximum absolute atomic E-state index is 13.3. The van der Waals surface area contributed by atoms with Crippen LogP contribution in [0.25, 0.3) is 5.65 Å². The van der Waals surface area contributed by atoms with Crippen LogP contribution in [0.4, 0.5) is 4.39 Å². The van der Waals surface area contributed by atoms with Crippen molar-refractivity contribution in [3.63, 3.8) is 0 Å². The molecule has 0 aliphatic carbocycles. The van der Waals surface area contributed by atoms with Gasteiger partial charge in [-0.1, -0.05) is 30.3 Å². The first-order chi connectivity index (χ1) is 11.0. The molecule has 0 aliphatic heterocycles. The molecule has 3 aromatic rings. The van der Waals surface area contributed by atoms with Crippen molar-refractivity contribution in [3.05, 3.63) is 71.9 Å². The molecule has 1 aromatic carbocycles. The highest BCUT2D eigenvalue weighted by Gasteiger charge is 2.21. The Bertz CT molecular complexity index is 827. The van der Waals surface area contributed by atoms with Gasteiger partial charge < -0.3 is 9.30 Å². The van der Waals surface area contributed by atoms with Crippen LogP contribution in [0.1, 0.15) is 29.9 Å². The summed E-state index contributed by atoms with van der Waals surface area (Å²) < 4.78 is 14.8. The maximum atomic E-state index is 13.3. The minimum absolute atomic E-state index is 0.0317.